The first-order valence-corrected chi connectivity index (χ1v) is 24.3. The van der Waals surface area contributed by atoms with Crippen LogP contribution in [-0.4, -0.2) is 191 Å². The number of hydrogen-bond acceptors (Lipinski definition) is 18. The zero-order valence-electron chi connectivity index (χ0n) is 40.2. The topological polar surface area (TPSA) is 298 Å². The van der Waals surface area contributed by atoms with Crippen LogP contribution in [0.15, 0.2) is 11.6 Å². The van der Waals surface area contributed by atoms with E-state index in [4.69, 9.17) is 28.4 Å². The lowest BCUT2D eigenvalue weighted by molar-refractivity contribution is -0.382. The number of aliphatic hydroxyl groups is 12. The maximum atomic E-state index is 12.7. The van der Waals surface area contributed by atoms with E-state index in [1.165, 1.54) is 6.92 Å². The minimum absolute atomic E-state index is 0.0861. The molecule has 0 aromatic carbocycles. The van der Waals surface area contributed by atoms with Crippen molar-refractivity contribution < 1.29 is 89.7 Å². The molecule has 0 aromatic heterocycles. The van der Waals surface area contributed by atoms with Crippen LogP contribution in [0.5, 0.6) is 0 Å². The van der Waals surface area contributed by atoms with Crippen molar-refractivity contribution in [3.8, 4) is 0 Å². The molecule has 18 nitrogen and oxygen atoms in total. The summed E-state index contributed by atoms with van der Waals surface area (Å²) >= 11 is 0. The number of rotatable bonds is 12. The van der Waals surface area contributed by atoms with E-state index in [0.717, 1.165) is 5.57 Å². The molecule has 3 saturated heterocycles. The molecule has 0 spiro atoms. The highest BCUT2D eigenvalue weighted by molar-refractivity contribution is 5.22. The van der Waals surface area contributed by atoms with Crippen molar-refractivity contribution in [2.24, 2.45) is 45.3 Å². The van der Waals surface area contributed by atoms with Crippen LogP contribution in [0.1, 0.15) is 114 Å². The molecule has 66 heavy (non-hydrogen) atoms. The van der Waals surface area contributed by atoms with Crippen LogP contribution in [0, 0.1) is 45.3 Å². The van der Waals surface area contributed by atoms with Crippen LogP contribution in [0.2, 0.25) is 0 Å². The van der Waals surface area contributed by atoms with Gasteiger partial charge in [-0.2, -0.15) is 0 Å². The Morgan fingerprint density at radius 1 is 0.682 bits per heavy atom. The lowest BCUT2D eigenvalue weighted by Crippen LogP contribution is -2.71. The summed E-state index contributed by atoms with van der Waals surface area (Å²) in [6.45, 7) is 16.8. The number of hydrogen-bond donors (Lipinski definition) is 12. The Morgan fingerprint density at radius 3 is 1.89 bits per heavy atom. The second kappa shape index (κ2) is 19.2. The molecule has 12 N–H and O–H groups in total. The van der Waals surface area contributed by atoms with Crippen LogP contribution >= 0.6 is 0 Å². The van der Waals surface area contributed by atoms with E-state index in [-0.39, 0.29) is 23.7 Å². The van der Waals surface area contributed by atoms with Gasteiger partial charge in [0.05, 0.1) is 43.2 Å². The summed E-state index contributed by atoms with van der Waals surface area (Å²) in [5.74, 6) is -1.12. The number of ether oxygens (including phenoxy) is 6. The van der Waals surface area contributed by atoms with Crippen molar-refractivity contribution in [1.82, 2.24) is 0 Å². The Hall–Kier alpha value is -0.980. The van der Waals surface area contributed by atoms with Crippen molar-refractivity contribution >= 4 is 0 Å². The van der Waals surface area contributed by atoms with E-state index in [9.17, 15) is 61.3 Å². The van der Waals surface area contributed by atoms with Gasteiger partial charge in [0.25, 0.3) is 0 Å². The van der Waals surface area contributed by atoms with Crippen molar-refractivity contribution in [3.05, 3.63) is 11.6 Å². The second-order valence-corrected chi connectivity index (χ2v) is 23.0. The fourth-order valence-corrected chi connectivity index (χ4v) is 14.9. The van der Waals surface area contributed by atoms with E-state index in [0.29, 0.717) is 51.4 Å². The molecule has 18 heteroatoms. The summed E-state index contributed by atoms with van der Waals surface area (Å²) in [7, 11) is 0. The highest BCUT2D eigenvalue weighted by Crippen LogP contribution is 2.76. The van der Waals surface area contributed by atoms with Gasteiger partial charge in [0.1, 0.15) is 67.1 Å². The second-order valence-electron chi connectivity index (χ2n) is 23.0. The molecule has 7 aliphatic rings. The maximum absolute atomic E-state index is 12.7. The molecule has 0 radical (unpaired) electrons. The number of allylic oxidation sites excluding steroid dienone is 2. The average Bonchev–Trinajstić information content (AvgIpc) is 3.64. The Bertz CT molecular complexity index is 1700. The molecular weight excluding hydrogens is 865 g/mol. The smallest absolute Gasteiger partial charge is 0.187 e. The number of aliphatic hydroxyl groups excluding tert-OH is 12. The van der Waals surface area contributed by atoms with Gasteiger partial charge in [-0.3, -0.25) is 0 Å². The van der Waals surface area contributed by atoms with Gasteiger partial charge < -0.3 is 89.7 Å². The fraction of sp³-hybridized carbons (Fsp3) is 0.958. The molecule has 0 aromatic rings. The van der Waals surface area contributed by atoms with E-state index in [2.05, 4.69) is 26.8 Å². The third-order valence-corrected chi connectivity index (χ3v) is 18.7. The molecule has 4 aliphatic carbocycles. The van der Waals surface area contributed by atoms with Gasteiger partial charge in [0.2, 0.25) is 0 Å². The highest BCUT2D eigenvalue weighted by Gasteiger charge is 2.74. The molecule has 0 amide bonds. The molecule has 7 rings (SSSR count). The van der Waals surface area contributed by atoms with Crippen molar-refractivity contribution in [3.63, 3.8) is 0 Å². The van der Waals surface area contributed by atoms with E-state index in [1.807, 2.05) is 34.6 Å². The minimum Gasteiger partial charge on any atom is -0.394 e. The predicted molar refractivity (Wildman–Crippen MR) is 234 cm³/mol. The first-order chi connectivity index (χ1) is 30.7. The molecule has 7 fully saturated rings. The Morgan fingerprint density at radius 2 is 1.27 bits per heavy atom. The van der Waals surface area contributed by atoms with Crippen molar-refractivity contribution in [2.75, 3.05) is 13.2 Å². The standard InChI is InChI=1S/C48H82O18/c1-21(2)11-10-14-48(9,66-42-38(60)35(57)32(54)26(19-49)63-42)23-12-16-46(7)30(23)24(51)17-28-45(6)15-13-29(52)44(4,5)40(45)25(18-47(28,46)8)62-43-39(36(58)33(55)27(20-50)64-43)65-41-37(59)34(56)31(53)22(3)61-41/h11,22-43,49-60H,10,12-20H2,1-9H3/t22-,23?,24+,25-,26+,27-,28+,29-,30-,31-,32+,33-,34+,35-,36+,37+,38+,39-,40?,41-,42-,43-,45+,46+,47+,48+/m0/s1. The Kier molecular flexibility index (Phi) is 15.4. The van der Waals surface area contributed by atoms with E-state index in [1.54, 1.807) is 0 Å². The SMILES string of the molecule is CC(C)=CCC[C@@](C)(O[C@@H]1O[C@H](CO)[C@@H](O)[C@H](O)[C@H]1O)C1CC[C@]2(C)[C@@H]1[C@H](O)C[C@@H]1[C@@]3(C)CC[C@H](O)C(C)(C)C3[C@@H](O[C@H]3O[C@@H](CO)[C@H](O)[C@@H](O)[C@@H]3O[C@@H]3O[C@@H](C)[C@H](O)[C@@H](O)[C@H]3O)C[C@]12C. The highest BCUT2D eigenvalue weighted by atomic mass is 16.8. The zero-order valence-corrected chi connectivity index (χ0v) is 40.2. The first kappa shape index (κ1) is 52.8. The van der Waals surface area contributed by atoms with Crippen LogP contribution in [0.25, 0.3) is 0 Å². The van der Waals surface area contributed by atoms with E-state index >= 15 is 0 Å². The van der Waals surface area contributed by atoms with Crippen LogP contribution in [0.3, 0.4) is 0 Å². The van der Waals surface area contributed by atoms with Gasteiger partial charge in [-0.15, -0.1) is 0 Å². The first-order valence-electron chi connectivity index (χ1n) is 24.3. The lowest BCUT2D eigenvalue weighted by Gasteiger charge is -2.72. The van der Waals surface area contributed by atoms with Crippen LogP contribution < -0.4 is 0 Å². The minimum atomic E-state index is -1.75. The largest absolute Gasteiger partial charge is 0.394 e. The third kappa shape index (κ3) is 8.69. The molecule has 4 saturated carbocycles. The molecule has 0 bridgehead atoms. The monoisotopic (exact) mass is 947 g/mol. The molecule has 3 aliphatic heterocycles. The predicted octanol–water partition coefficient (Wildman–Crippen LogP) is -0.0284. The third-order valence-electron chi connectivity index (χ3n) is 18.7. The van der Waals surface area contributed by atoms with Gasteiger partial charge in [-0.05, 0) is 124 Å². The van der Waals surface area contributed by atoms with Gasteiger partial charge in [0.15, 0.2) is 18.9 Å². The van der Waals surface area contributed by atoms with Gasteiger partial charge in [-0.25, -0.2) is 0 Å². The summed E-state index contributed by atoms with van der Waals surface area (Å²) in [4.78, 5) is 0. The summed E-state index contributed by atoms with van der Waals surface area (Å²) in [5.41, 5.74) is -2.43. The summed E-state index contributed by atoms with van der Waals surface area (Å²) in [6.07, 6.45) is -18.3. The quantitative estimate of drug-likeness (QED) is 0.0904. The summed E-state index contributed by atoms with van der Waals surface area (Å²) < 4.78 is 38.1. The van der Waals surface area contributed by atoms with Crippen LogP contribution in [0.4, 0.5) is 0 Å². The van der Waals surface area contributed by atoms with Gasteiger partial charge >= 0.3 is 0 Å². The zero-order chi connectivity index (χ0) is 48.8. The average molecular weight is 947 g/mol. The maximum Gasteiger partial charge on any atom is 0.187 e. The number of fused-ring (bicyclic) bond motifs is 5. The van der Waals surface area contributed by atoms with E-state index < -0.39 is 151 Å². The molecule has 26 atom stereocenters. The lowest BCUT2D eigenvalue weighted by atomic mass is 9.34. The summed E-state index contributed by atoms with van der Waals surface area (Å²) in [6, 6.07) is 0. The van der Waals surface area contributed by atoms with Gasteiger partial charge in [0, 0.05) is 0 Å². The summed E-state index contributed by atoms with van der Waals surface area (Å²) in [5, 5.41) is 132. The van der Waals surface area contributed by atoms with Crippen molar-refractivity contribution in [2.45, 2.75) is 230 Å². The molecular formula is C48H82O18. The molecule has 382 valence electrons. The Balaban J connectivity index is 1.27. The van der Waals surface area contributed by atoms with Crippen LogP contribution in [-0.2, 0) is 28.4 Å². The fourth-order valence-electron chi connectivity index (χ4n) is 14.9. The molecule has 2 unspecified atom stereocenters. The Labute approximate surface area is 388 Å². The van der Waals surface area contributed by atoms with Gasteiger partial charge in [-0.1, -0.05) is 46.3 Å². The van der Waals surface area contributed by atoms with Crippen molar-refractivity contribution in [1.29, 1.82) is 0 Å². The normalized spacial score (nSPS) is 53.5. The molecule has 3 heterocycles.